The highest BCUT2D eigenvalue weighted by Gasteiger charge is 2.13. The van der Waals surface area contributed by atoms with Gasteiger partial charge >= 0.3 is 0 Å². The van der Waals surface area contributed by atoms with E-state index in [1.807, 2.05) is 25.1 Å². The lowest BCUT2D eigenvalue weighted by molar-refractivity contribution is 0.0643. The highest BCUT2D eigenvalue weighted by atomic mass is 35.5. The maximum Gasteiger partial charge on any atom is 0.121 e. The van der Waals surface area contributed by atoms with Crippen molar-refractivity contribution in [3.05, 3.63) is 24.0 Å². The minimum absolute atomic E-state index is 0.137. The lowest BCUT2D eigenvalue weighted by Gasteiger charge is -2.15. The smallest absolute Gasteiger partial charge is 0.121 e. The van der Waals surface area contributed by atoms with Crippen molar-refractivity contribution in [1.82, 2.24) is 9.55 Å². The molecule has 0 aliphatic rings. The Morgan fingerprint density at radius 3 is 2.85 bits per heavy atom. The second kappa shape index (κ2) is 6.95. The Hall–Kier alpha value is -1.26. The summed E-state index contributed by atoms with van der Waals surface area (Å²) in [7, 11) is 1.67. The summed E-state index contributed by atoms with van der Waals surface area (Å²) in [6.45, 7) is 5.55. The summed E-state index contributed by atoms with van der Waals surface area (Å²) in [5.74, 6) is 2.39. The van der Waals surface area contributed by atoms with Crippen molar-refractivity contribution >= 4 is 22.6 Å². The molecule has 110 valence electrons. The molecule has 0 aliphatic carbocycles. The molecule has 0 spiro atoms. The molecule has 0 saturated heterocycles. The first-order valence-corrected chi connectivity index (χ1v) is 7.43. The third-order valence-electron chi connectivity index (χ3n) is 3.24. The van der Waals surface area contributed by atoms with Crippen molar-refractivity contribution in [3.63, 3.8) is 0 Å². The van der Waals surface area contributed by atoms with E-state index in [2.05, 4.69) is 16.5 Å². The number of benzene rings is 1. The normalized spacial score (nSPS) is 12.8. The predicted octanol–water partition coefficient (Wildman–Crippen LogP) is 3.25. The van der Waals surface area contributed by atoms with Crippen LogP contribution in [0.3, 0.4) is 0 Å². The molecule has 0 radical (unpaired) electrons. The summed E-state index contributed by atoms with van der Waals surface area (Å²) >= 11 is 5.88. The van der Waals surface area contributed by atoms with E-state index in [-0.39, 0.29) is 6.10 Å². The lowest BCUT2D eigenvalue weighted by atomic mass is 10.3. The standard InChI is InChI=1S/C15H21ClN2O2/c1-4-20-11(2)10-18-14-9-12(19-3)5-6-13(14)17-15(18)7-8-16/h5-6,9,11H,4,7-8,10H2,1-3H3. The highest BCUT2D eigenvalue weighted by molar-refractivity contribution is 6.17. The number of methoxy groups -OCH3 is 1. The van der Waals surface area contributed by atoms with Gasteiger partial charge in [0.1, 0.15) is 11.6 Å². The summed E-state index contributed by atoms with van der Waals surface area (Å²) in [6.07, 6.45) is 0.884. The largest absolute Gasteiger partial charge is 0.497 e. The molecule has 1 aromatic heterocycles. The Morgan fingerprint density at radius 1 is 1.40 bits per heavy atom. The summed E-state index contributed by atoms with van der Waals surface area (Å²) in [4.78, 5) is 4.66. The first kappa shape index (κ1) is 15.1. The molecule has 0 saturated carbocycles. The van der Waals surface area contributed by atoms with Crippen LogP contribution in [0, 0.1) is 0 Å². The quantitative estimate of drug-likeness (QED) is 0.736. The van der Waals surface area contributed by atoms with Gasteiger partial charge in [-0.1, -0.05) is 0 Å². The fourth-order valence-electron chi connectivity index (χ4n) is 2.35. The van der Waals surface area contributed by atoms with Gasteiger partial charge in [-0.3, -0.25) is 0 Å². The second-order valence-electron chi connectivity index (χ2n) is 4.70. The van der Waals surface area contributed by atoms with Gasteiger partial charge in [-0.05, 0) is 26.0 Å². The SMILES string of the molecule is CCOC(C)Cn1c(CCCl)nc2ccc(OC)cc21. The van der Waals surface area contributed by atoms with E-state index in [1.54, 1.807) is 7.11 Å². The number of rotatable bonds is 7. The molecule has 1 aromatic carbocycles. The maximum absolute atomic E-state index is 5.88. The molecule has 2 aromatic rings. The summed E-state index contributed by atoms with van der Waals surface area (Å²) in [5.41, 5.74) is 2.03. The Balaban J connectivity index is 2.42. The zero-order valence-corrected chi connectivity index (χ0v) is 13.0. The molecule has 1 atom stereocenters. The van der Waals surface area contributed by atoms with Crippen LogP contribution in [0.1, 0.15) is 19.7 Å². The molecular weight excluding hydrogens is 276 g/mol. The minimum Gasteiger partial charge on any atom is -0.497 e. The summed E-state index contributed by atoms with van der Waals surface area (Å²) in [6, 6.07) is 5.92. The van der Waals surface area contributed by atoms with Gasteiger partial charge in [0.25, 0.3) is 0 Å². The van der Waals surface area contributed by atoms with Crippen molar-refractivity contribution in [2.75, 3.05) is 19.6 Å². The van der Waals surface area contributed by atoms with E-state index in [9.17, 15) is 0 Å². The molecule has 2 rings (SSSR count). The number of hydrogen-bond acceptors (Lipinski definition) is 3. The molecule has 4 nitrogen and oxygen atoms in total. The van der Waals surface area contributed by atoms with Gasteiger partial charge in [0.05, 0.1) is 30.8 Å². The fraction of sp³-hybridized carbons (Fsp3) is 0.533. The van der Waals surface area contributed by atoms with E-state index in [1.165, 1.54) is 0 Å². The zero-order valence-electron chi connectivity index (χ0n) is 12.2. The van der Waals surface area contributed by atoms with Crippen LogP contribution in [-0.2, 0) is 17.7 Å². The number of hydrogen-bond donors (Lipinski definition) is 0. The van der Waals surface area contributed by atoms with Crippen LogP contribution in [0.25, 0.3) is 11.0 Å². The molecule has 0 aliphatic heterocycles. The summed E-state index contributed by atoms with van der Waals surface area (Å²) in [5, 5.41) is 0. The number of nitrogens with zero attached hydrogens (tertiary/aromatic N) is 2. The number of alkyl halides is 1. The van der Waals surface area contributed by atoms with Crippen LogP contribution >= 0.6 is 11.6 Å². The van der Waals surface area contributed by atoms with Crippen LogP contribution in [0.15, 0.2) is 18.2 Å². The van der Waals surface area contributed by atoms with Gasteiger partial charge in [-0.25, -0.2) is 4.98 Å². The third kappa shape index (κ3) is 3.25. The second-order valence-corrected chi connectivity index (χ2v) is 5.08. The Bertz CT molecular complexity index is 568. The van der Waals surface area contributed by atoms with Crippen molar-refractivity contribution in [1.29, 1.82) is 0 Å². The molecule has 0 fully saturated rings. The topological polar surface area (TPSA) is 36.3 Å². The average molecular weight is 297 g/mol. The zero-order chi connectivity index (χ0) is 14.5. The lowest BCUT2D eigenvalue weighted by Crippen LogP contribution is -2.18. The molecule has 1 heterocycles. The fourth-order valence-corrected chi connectivity index (χ4v) is 2.52. The maximum atomic E-state index is 5.88. The van der Waals surface area contributed by atoms with Crippen molar-refractivity contribution in [2.45, 2.75) is 32.9 Å². The van der Waals surface area contributed by atoms with E-state index < -0.39 is 0 Å². The number of halogens is 1. The summed E-state index contributed by atoms with van der Waals surface area (Å²) < 4.78 is 13.1. The monoisotopic (exact) mass is 296 g/mol. The molecule has 20 heavy (non-hydrogen) atoms. The van der Waals surface area contributed by atoms with Crippen LogP contribution in [0.2, 0.25) is 0 Å². The van der Waals surface area contributed by atoms with Crippen LogP contribution < -0.4 is 4.74 Å². The van der Waals surface area contributed by atoms with E-state index in [4.69, 9.17) is 21.1 Å². The average Bonchev–Trinajstić information content (AvgIpc) is 2.77. The number of aromatic nitrogens is 2. The van der Waals surface area contributed by atoms with Crippen molar-refractivity contribution in [3.8, 4) is 5.75 Å². The van der Waals surface area contributed by atoms with Gasteiger partial charge in [0, 0.05) is 25.0 Å². The number of fused-ring (bicyclic) bond motifs is 1. The Labute approximate surface area is 124 Å². The van der Waals surface area contributed by atoms with Gasteiger partial charge in [-0.15, -0.1) is 11.6 Å². The Morgan fingerprint density at radius 2 is 2.20 bits per heavy atom. The first-order chi connectivity index (χ1) is 9.69. The first-order valence-electron chi connectivity index (χ1n) is 6.90. The third-order valence-corrected chi connectivity index (χ3v) is 3.43. The van der Waals surface area contributed by atoms with Crippen LogP contribution in [0.5, 0.6) is 5.75 Å². The molecular formula is C15H21ClN2O2. The van der Waals surface area contributed by atoms with Crippen molar-refractivity contribution in [2.24, 2.45) is 0 Å². The number of imidazole rings is 1. The van der Waals surface area contributed by atoms with Crippen molar-refractivity contribution < 1.29 is 9.47 Å². The molecule has 5 heteroatoms. The molecule has 0 amide bonds. The van der Waals surface area contributed by atoms with Gasteiger partial charge < -0.3 is 14.0 Å². The minimum atomic E-state index is 0.137. The molecule has 1 unspecified atom stereocenters. The molecule has 0 N–H and O–H groups in total. The van der Waals surface area contributed by atoms with Gasteiger partial charge in [-0.2, -0.15) is 0 Å². The van der Waals surface area contributed by atoms with Crippen LogP contribution in [-0.4, -0.2) is 35.3 Å². The van der Waals surface area contributed by atoms with Crippen LogP contribution in [0.4, 0.5) is 0 Å². The predicted molar refractivity (Wildman–Crippen MR) is 81.8 cm³/mol. The van der Waals surface area contributed by atoms with Gasteiger partial charge in [0.15, 0.2) is 0 Å². The van der Waals surface area contributed by atoms with E-state index >= 15 is 0 Å². The van der Waals surface area contributed by atoms with E-state index in [0.29, 0.717) is 12.5 Å². The Kier molecular flexibility index (Phi) is 5.26. The number of ether oxygens (including phenoxy) is 2. The molecule has 0 bridgehead atoms. The highest BCUT2D eigenvalue weighted by Crippen LogP contribution is 2.23. The van der Waals surface area contributed by atoms with E-state index in [0.717, 1.165) is 35.6 Å². The van der Waals surface area contributed by atoms with Gasteiger partial charge in [0.2, 0.25) is 0 Å². The number of aryl methyl sites for hydroxylation is 1.